The van der Waals surface area contributed by atoms with E-state index in [0.29, 0.717) is 31.2 Å². The van der Waals surface area contributed by atoms with Crippen molar-refractivity contribution in [2.75, 3.05) is 57.5 Å². The Hall–Kier alpha value is -3.51. The fourth-order valence-corrected chi connectivity index (χ4v) is 5.47. The van der Waals surface area contributed by atoms with Crippen molar-refractivity contribution in [3.63, 3.8) is 0 Å². The van der Waals surface area contributed by atoms with Gasteiger partial charge >= 0.3 is 13.7 Å². The van der Waals surface area contributed by atoms with Crippen LogP contribution in [0.2, 0.25) is 0 Å². The van der Waals surface area contributed by atoms with Crippen LogP contribution in [0.3, 0.4) is 0 Å². The molecule has 2 aliphatic rings. The van der Waals surface area contributed by atoms with Gasteiger partial charge < -0.3 is 39.7 Å². The zero-order valence-corrected chi connectivity index (χ0v) is 24.5. The van der Waals surface area contributed by atoms with Crippen LogP contribution in [0.1, 0.15) is 36.7 Å². The molecule has 42 heavy (non-hydrogen) atoms. The standard InChI is InChI=1S/C28H38N5O8P/c1-2-3-14-41-28(36)33-12-10-32(11-13-33)27(35)25(19-42(37,38)39)31-26(34)24-17-22(29-21-9-15-40-18-21)16-23(30-24)20-7-5-4-6-8-20/h4-8,16-17,21,25H,2-3,9-15,18-19H2,1H3,(H,29,30)(H,31,34)(H2,37,38,39)/t21-,25+/m1/s1. The number of rotatable bonds is 11. The van der Waals surface area contributed by atoms with Gasteiger partial charge in [0.05, 0.1) is 31.1 Å². The second kappa shape index (κ2) is 14.6. The zero-order valence-electron chi connectivity index (χ0n) is 23.6. The summed E-state index contributed by atoms with van der Waals surface area (Å²) < 4.78 is 22.6. The Morgan fingerprint density at radius 1 is 1.12 bits per heavy atom. The Balaban J connectivity index is 1.49. The van der Waals surface area contributed by atoms with Crippen molar-refractivity contribution >= 4 is 31.2 Å². The second-order valence-corrected chi connectivity index (χ2v) is 12.0. The molecule has 3 heterocycles. The molecule has 2 aliphatic heterocycles. The lowest BCUT2D eigenvalue weighted by Gasteiger charge is -2.36. The maximum Gasteiger partial charge on any atom is 0.409 e. The largest absolute Gasteiger partial charge is 0.449 e. The molecule has 1 aromatic heterocycles. The summed E-state index contributed by atoms with van der Waals surface area (Å²) in [4.78, 5) is 65.9. The van der Waals surface area contributed by atoms with Gasteiger partial charge in [-0.1, -0.05) is 43.7 Å². The Bertz CT molecular complexity index is 1280. The van der Waals surface area contributed by atoms with Gasteiger partial charge in [-0.25, -0.2) is 9.78 Å². The van der Waals surface area contributed by atoms with Crippen LogP contribution in [0.25, 0.3) is 11.3 Å². The van der Waals surface area contributed by atoms with Crippen molar-refractivity contribution in [1.29, 1.82) is 0 Å². The number of anilines is 1. The third-order valence-electron chi connectivity index (χ3n) is 7.02. The minimum Gasteiger partial charge on any atom is -0.449 e. The molecule has 13 nitrogen and oxygen atoms in total. The van der Waals surface area contributed by atoms with Crippen molar-refractivity contribution in [3.05, 3.63) is 48.2 Å². The van der Waals surface area contributed by atoms with Gasteiger partial charge in [-0.15, -0.1) is 0 Å². The second-order valence-electron chi connectivity index (χ2n) is 10.4. The number of pyridine rings is 1. The molecule has 2 atom stereocenters. The van der Waals surface area contributed by atoms with E-state index in [1.165, 1.54) is 9.80 Å². The summed E-state index contributed by atoms with van der Waals surface area (Å²) in [6, 6.07) is 11.2. The number of hydrogen-bond acceptors (Lipinski definition) is 8. The summed E-state index contributed by atoms with van der Waals surface area (Å²) >= 11 is 0. The first-order chi connectivity index (χ1) is 20.1. The van der Waals surface area contributed by atoms with E-state index in [4.69, 9.17) is 9.47 Å². The lowest BCUT2D eigenvalue weighted by atomic mass is 10.1. The molecule has 0 bridgehead atoms. The molecule has 4 N–H and O–H groups in total. The average molecular weight is 604 g/mol. The number of hydrogen-bond donors (Lipinski definition) is 4. The summed E-state index contributed by atoms with van der Waals surface area (Å²) in [5, 5.41) is 5.87. The van der Waals surface area contributed by atoms with Crippen LogP contribution in [0.4, 0.5) is 10.5 Å². The molecule has 0 unspecified atom stereocenters. The lowest BCUT2D eigenvalue weighted by Crippen LogP contribution is -2.56. The van der Waals surface area contributed by atoms with Crippen LogP contribution in [-0.2, 0) is 18.8 Å². The molecule has 0 radical (unpaired) electrons. The summed E-state index contributed by atoms with van der Waals surface area (Å²) in [5.74, 6) is -1.39. The van der Waals surface area contributed by atoms with Crippen LogP contribution in [0, 0.1) is 0 Å². The highest BCUT2D eigenvalue weighted by molar-refractivity contribution is 7.51. The average Bonchev–Trinajstić information content (AvgIpc) is 3.49. The molecular weight excluding hydrogens is 565 g/mol. The van der Waals surface area contributed by atoms with Gasteiger partial charge in [0, 0.05) is 44.0 Å². The number of nitrogens with one attached hydrogen (secondary N) is 2. The van der Waals surface area contributed by atoms with Crippen molar-refractivity contribution < 1.29 is 38.2 Å². The lowest BCUT2D eigenvalue weighted by molar-refractivity contribution is -0.134. The predicted molar refractivity (Wildman–Crippen MR) is 155 cm³/mol. The number of unbranched alkanes of at least 4 members (excludes halogenated alkanes) is 1. The van der Waals surface area contributed by atoms with Crippen LogP contribution < -0.4 is 10.6 Å². The highest BCUT2D eigenvalue weighted by atomic mass is 31.2. The predicted octanol–water partition coefficient (Wildman–Crippen LogP) is 2.31. The number of carbonyl (C=O) groups excluding carboxylic acids is 3. The molecule has 14 heteroatoms. The van der Waals surface area contributed by atoms with E-state index in [-0.39, 0.29) is 37.9 Å². The first kappa shape index (κ1) is 31.4. The summed E-state index contributed by atoms with van der Waals surface area (Å²) in [5.41, 5.74) is 1.90. The molecule has 1 aromatic carbocycles. The monoisotopic (exact) mass is 603 g/mol. The molecular formula is C28H38N5O8P. The van der Waals surface area contributed by atoms with Gasteiger partial charge in [0.15, 0.2) is 0 Å². The van der Waals surface area contributed by atoms with Gasteiger partial charge in [0.25, 0.3) is 5.91 Å². The van der Waals surface area contributed by atoms with E-state index in [2.05, 4.69) is 15.6 Å². The van der Waals surface area contributed by atoms with Crippen LogP contribution >= 0.6 is 7.60 Å². The minimum absolute atomic E-state index is 0.0130. The zero-order chi connectivity index (χ0) is 30.1. The number of piperazine rings is 1. The molecule has 2 aromatic rings. The minimum atomic E-state index is -4.70. The van der Waals surface area contributed by atoms with Crippen molar-refractivity contribution in [3.8, 4) is 11.3 Å². The highest BCUT2D eigenvalue weighted by Crippen LogP contribution is 2.35. The topological polar surface area (TPSA) is 171 Å². The number of carbonyl (C=O) groups is 3. The van der Waals surface area contributed by atoms with Crippen LogP contribution in [0.15, 0.2) is 42.5 Å². The normalized spacial score (nSPS) is 17.9. The molecule has 2 saturated heterocycles. The molecule has 2 fully saturated rings. The van der Waals surface area contributed by atoms with Crippen LogP contribution in [0.5, 0.6) is 0 Å². The highest BCUT2D eigenvalue weighted by Gasteiger charge is 2.35. The third kappa shape index (κ3) is 8.99. The number of benzene rings is 1. The van der Waals surface area contributed by atoms with Gasteiger partial charge in [-0.2, -0.15) is 0 Å². The molecule has 0 spiro atoms. The van der Waals surface area contributed by atoms with Crippen LogP contribution in [-0.4, -0.2) is 107 Å². The van der Waals surface area contributed by atoms with E-state index in [1.54, 1.807) is 6.07 Å². The Labute approximate surface area is 244 Å². The van der Waals surface area contributed by atoms with E-state index in [1.807, 2.05) is 43.3 Å². The van der Waals surface area contributed by atoms with Gasteiger partial charge in [-0.05, 0) is 25.0 Å². The third-order valence-corrected chi connectivity index (χ3v) is 7.87. The van der Waals surface area contributed by atoms with Crippen molar-refractivity contribution in [1.82, 2.24) is 20.1 Å². The maximum atomic E-state index is 13.4. The number of ether oxygens (including phenoxy) is 2. The molecule has 3 amide bonds. The first-order valence-corrected chi connectivity index (χ1v) is 15.9. The first-order valence-electron chi connectivity index (χ1n) is 14.1. The van der Waals surface area contributed by atoms with Crippen molar-refractivity contribution in [2.45, 2.75) is 38.3 Å². The fourth-order valence-electron chi connectivity index (χ4n) is 4.75. The van der Waals surface area contributed by atoms with E-state index in [9.17, 15) is 28.7 Å². The van der Waals surface area contributed by atoms with Gasteiger partial charge in [-0.3, -0.25) is 14.2 Å². The van der Waals surface area contributed by atoms with Gasteiger partial charge in [0.1, 0.15) is 11.7 Å². The SMILES string of the molecule is CCCCOC(=O)N1CCN(C(=O)[C@H](CP(=O)(O)O)NC(=O)c2cc(N[C@@H]3CCOC3)cc(-c3ccccc3)n2)CC1. The number of nitrogens with zero attached hydrogens (tertiary/aromatic N) is 3. The number of aromatic nitrogens is 1. The van der Waals surface area contributed by atoms with Crippen molar-refractivity contribution in [2.24, 2.45) is 0 Å². The van der Waals surface area contributed by atoms with E-state index in [0.717, 1.165) is 24.8 Å². The summed E-state index contributed by atoms with van der Waals surface area (Å²) in [7, 11) is -4.70. The summed E-state index contributed by atoms with van der Waals surface area (Å²) in [6.45, 7) is 4.12. The maximum absolute atomic E-state index is 13.4. The van der Waals surface area contributed by atoms with Gasteiger partial charge in [0.2, 0.25) is 5.91 Å². The Morgan fingerprint density at radius 2 is 1.83 bits per heavy atom. The Kier molecular flexibility index (Phi) is 10.9. The molecule has 0 saturated carbocycles. The fraction of sp³-hybridized carbons (Fsp3) is 0.500. The quantitative estimate of drug-likeness (QED) is 0.221. The molecule has 4 rings (SSSR count). The molecule has 0 aliphatic carbocycles. The van der Waals surface area contributed by atoms with E-state index >= 15 is 0 Å². The summed E-state index contributed by atoms with van der Waals surface area (Å²) in [6.07, 6.45) is 1.10. The molecule has 228 valence electrons. The van der Waals surface area contributed by atoms with E-state index < -0.39 is 37.7 Å². The smallest absolute Gasteiger partial charge is 0.409 e. The Morgan fingerprint density at radius 3 is 2.48 bits per heavy atom. The number of amides is 3.